The third-order valence-electron chi connectivity index (χ3n) is 3.22. The highest BCUT2D eigenvalue weighted by molar-refractivity contribution is 7.80. The molecule has 0 saturated heterocycles. The van der Waals surface area contributed by atoms with Crippen LogP contribution in [0.4, 0.5) is 5.69 Å². The van der Waals surface area contributed by atoms with Gasteiger partial charge in [0.25, 0.3) is 0 Å². The van der Waals surface area contributed by atoms with Crippen LogP contribution in [-0.2, 0) is 11.3 Å². The number of anilines is 1. The first kappa shape index (κ1) is 16.0. The summed E-state index contributed by atoms with van der Waals surface area (Å²) in [7, 11) is 0. The molecular formula is C17H18N2O2S. The molecule has 4 nitrogen and oxygen atoms in total. The van der Waals surface area contributed by atoms with E-state index in [1.165, 1.54) is 0 Å². The lowest BCUT2D eigenvalue weighted by atomic mass is 10.2. The van der Waals surface area contributed by atoms with E-state index >= 15 is 0 Å². The number of nitrogens with one attached hydrogen (secondary N) is 1. The molecule has 2 rings (SSSR count). The highest BCUT2D eigenvalue weighted by atomic mass is 32.1. The molecule has 0 aliphatic heterocycles. The fourth-order valence-electron chi connectivity index (χ4n) is 2.07. The number of aliphatic carboxylic acids is 1. The van der Waals surface area contributed by atoms with Gasteiger partial charge < -0.3 is 15.3 Å². The Morgan fingerprint density at radius 2 is 1.77 bits per heavy atom. The molecule has 0 amide bonds. The SMILES string of the molecule is Cc1ccccc1NC(=S)N(CC(=O)O)Cc1ccccc1. The Kier molecular flexibility index (Phi) is 5.49. The molecule has 0 aliphatic rings. The second-order valence-corrected chi connectivity index (χ2v) is 5.37. The van der Waals surface area contributed by atoms with Gasteiger partial charge in [-0.3, -0.25) is 4.79 Å². The van der Waals surface area contributed by atoms with Crippen molar-refractivity contribution in [3.63, 3.8) is 0 Å². The highest BCUT2D eigenvalue weighted by Crippen LogP contribution is 2.15. The number of carbonyl (C=O) groups is 1. The van der Waals surface area contributed by atoms with Crippen LogP contribution in [0.2, 0.25) is 0 Å². The van der Waals surface area contributed by atoms with Crippen LogP contribution >= 0.6 is 12.2 Å². The normalized spacial score (nSPS) is 10.0. The van der Waals surface area contributed by atoms with Crippen LogP contribution in [0.15, 0.2) is 54.6 Å². The summed E-state index contributed by atoms with van der Waals surface area (Å²) in [6, 6.07) is 17.4. The zero-order valence-corrected chi connectivity index (χ0v) is 13.1. The highest BCUT2D eigenvalue weighted by Gasteiger charge is 2.14. The lowest BCUT2D eigenvalue weighted by molar-refractivity contribution is -0.137. The number of rotatable bonds is 5. The van der Waals surface area contributed by atoms with E-state index < -0.39 is 5.97 Å². The smallest absolute Gasteiger partial charge is 0.323 e. The van der Waals surface area contributed by atoms with Crippen LogP contribution in [-0.4, -0.2) is 27.6 Å². The van der Waals surface area contributed by atoms with E-state index in [0.717, 1.165) is 16.8 Å². The van der Waals surface area contributed by atoms with Gasteiger partial charge in [-0.2, -0.15) is 0 Å². The molecule has 0 radical (unpaired) electrons. The van der Waals surface area contributed by atoms with Crippen molar-refractivity contribution in [2.45, 2.75) is 13.5 Å². The predicted octanol–water partition coefficient (Wildman–Crippen LogP) is 3.28. The lowest BCUT2D eigenvalue weighted by Gasteiger charge is -2.24. The molecule has 2 N–H and O–H groups in total. The number of carboxylic acid groups (broad SMARTS) is 1. The Labute approximate surface area is 135 Å². The van der Waals surface area contributed by atoms with Crippen molar-refractivity contribution in [3.05, 3.63) is 65.7 Å². The molecule has 0 saturated carbocycles. The summed E-state index contributed by atoms with van der Waals surface area (Å²) in [5.74, 6) is -0.912. The first-order chi connectivity index (χ1) is 10.6. The molecule has 5 heteroatoms. The van der Waals surface area contributed by atoms with Crippen molar-refractivity contribution in [1.82, 2.24) is 4.90 Å². The number of hydrogen-bond acceptors (Lipinski definition) is 2. The topological polar surface area (TPSA) is 52.6 Å². The monoisotopic (exact) mass is 314 g/mol. The zero-order valence-electron chi connectivity index (χ0n) is 12.3. The van der Waals surface area contributed by atoms with E-state index in [0.29, 0.717) is 11.7 Å². The van der Waals surface area contributed by atoms with Gasteiger partial charge in [0, 0.05) is 12.2 Å². The summed E-state index contributed by atoms with van der Waals surface area (Å²) in [6.45, 7) is 2.28. The van der Waals surface area contributed by atoms with Crippen LogP contribution in [0.3, 0.4) is 0 Å². The number of para-hydroxylation sites is 1. The Bertz CT molecular complexity index is 659. The maximum atomic E-state index is 11.1. The Balaban J connectivity index is 2.12. The molecule has 114 valence electrons. The molecule has 0 heterocycles. The fourth-order valence-corrected chi connectivity index (χ4v) is 2.31. The van der Waals surface area contributed by atoms with Gasteiger partial charge in [0.05, 0.1) is 0 Å². The molecule has 0 aromatic heterocycles. The van der Waals surface area contributed by atoms with Gasteiger partial charge in [-0.25, -0.2) is 0 Å². The minimum absolute atomic E-state index is 0.146. The molecule has 2 aromatic carbocycles. The van der Waals surface area contributed by atoms with Crippen molar-refractivity contribution in [3.8, 4) is 0 Å². The molecule has 0 fully saturated rings. The number of aryl methyl sites for hydroxylation is 1. The van der Waals surface area contributed by atoms with E-state index in [1.54, 1.807) is 4.90 Å². The summed E-state index contributed by atoms with van der Waals surface area (Å²) >= 11 is 5.39. The number of carboxylic acids is 1. The summed E-state index contributed by atoms with van der Waals surface area (Å²) in [6.07, 6.45) is 0. The Morgan fingerprint density at radius 3 is 2.41 bits per heavy atom. The molecule has 0 unspecified atom stereocenters. The van der Waals surface area contributed by atoms with Crippen molar-refractivity contribution >= 4 is 29.0 Å². The van der Waals surface area contributed by atoms with Crippen molar-refractivity contribution in [2.24, 2.45) is 0 Å². The molecule has 0 bridgehead atoms. The van der Waals surface area contributed by atoms with Crippen LogP contribution < -0.4 is 5.32 Å². The minimum atomic E-state index is -0.912. The first-order valence-corrected chi connectivity index (χ1v) is 7.34. The maximum Gasteiger partial charge on any atom is 0.323 e. The average Bonchev–Trinajstić information content (AvgIpc) is 2.49. The van der Waals surface area contributed by atoms with E-state index in [9.17, 15) is 4.79 Å². The molecule has 0 spiro atoms. The van der Waals surface area contributed by atoms with Gasteiger partial charge in [0.15, 0.2) is 5.11 Å². The standard InChI is InChI=1S/C17H18N2O2S/c1-13-7-5-6-10-15(13)18-17(22)19(12-16(20)21)11-14-8-3-2-4-9-14/h2-10H,11-12H2,1H3,(H,18,22)(H,20,21). The number of benzene rings is 2. The zero-order chi connectivity index (χ0) is 15.9. The van der Waals surface area contributed by atoms with Crippen molar-refractivity contribution in [1.29, 1.82) is 0 Å². The first-order valence-electron chi connectivity index (χ1n) is 6.93. The Hall–Kier alpha value is -2.40. The summed E-state index contributed by atoms with van der Waals surface area (Å²) in [4.78, 5) is 12.7. The minimum Gasteiger partial charge on any atom is -0.480 e. The van der Waals surface area contributed by atoms with E-state index in [1.807, 2.05) is 61.5 Å². The molecule has 2 aromatic rings. The fraction of sp³-hybridized carbons (Fsp3) is 0.176. The second kappa shape index (κ2) is 7.56. The van der Waals surface area contributed by atoms with Gasteiger partial charge in [0.1, 0.15) is 6.54 Å². The summed E-state index contributed by atoms with van der Waals surface area (Å²) in [5.41, 5.74) is 2.95. The number of nitrogens with zero attached hydrogens (tertiary/aromatic N) is 1. The van der Waals surface area contributed by atoms with E-state index in [4.69, 9.17) is 17.3 Å². The van der Waals surface area contributed by atoms with Crippen LogP contribution in [0.25, 0.3) is 0 Å². The summed E-state index contributed by atoms with van der Waals surface area (Å²) < 4.78 is 0. The maximum absolute atomic E-state index is 11.1. The van der Waals surface area contributed by atoms with Gasteiger partial charge in [-0.05, 0) is 36.3 Å². The molecule has 0 atom stereocenters. The number of hydrogen-bond donors (Lipinski definition) is 2. The Morgan fingerprint density at radius 1 is 1.14 bits per heavy atom. The summed E-state index contributed by atoms with van der Waals surface area (Å²) in [5, 5.41) is 12.6. The van der Waals surface area contributed by atoms with E-state index in [-0.39, 0.29) is 6.54 Å². The van der Waals surface area contributed by atoms with Crippen molar-refractivity contribution < 1.29 is 9.90 Å². The number of thiocarbonyl (C=S) groups is 1. The van der Waals surface area contributed by atoms with Crippen LogP contribution in [0.1, 0.15) is 11.1 Å². The van der Waals surface area contributed by atoms with Gasteiger partial charge in [0.2, 0.25) is 0 Å². The predicted molar refractivity (Wildman–Crippen MR) is 91.9 cm³/mol. The third kappa shape index (κ3) is 4.56. The molecule has 22 heavy (non-hydrogen) atoms. The van der Waals surface area contributed by atoms with Crippen LogP contribution in [0, 0.1) is 6.92 Å². The third-order valence-corrected chi connectivity index (χ3v) is 3.58. The van der Waals surface area contributed by atoms with Crippen molar-refractivity contribution in [2.75, 3.05) is 11.9 Å². The second-order valence-electron chi connectivity index (χ2n) is 4.98. The van der Waals surface area contributed by atoms with Crippen LogP contribution in [0.5, 0.6) is 0 Å². The quantitative estimate of drug-likeness (QED) is 0.830. The molecular weight excluding hydrogens is 296 g/mol. The van der Waals surface area contributed by atoms with Gasteiger partial charge in [-0.15, -0.1) is 0 Å². The van der Waals surface area contributed by atoms with Gasteiger partial charge >= 0.3 is 5.97 Å². The molecule has 0 aliphatic carbocycles. The largest absolute Gasteiger partial charge is 0.480 e. The average molecular weight is 314 g/mol. The van der Waals surface area contributed by atoms with Gasteiger partial charge in [-0.1, -0.05) is 48.5 Å². The lowest BCUT2D eigenvalue weighted by Crippen LogP contribution is -2.38. The van der Waals surface area contributed by atoms with E-state index in [2.05, 4.69) is 5.32 Å².